The number of aromatic nitrogens is 2. The average Bonchev–Trinajstić information content (AvgIpc) is 2.60. The first-order valence-electron chi connectivity index (χ1n) is 7.38. The van der Waals surface area contributed by atoms with Gasteiger partial charge in [-0.25, -0.2) is 0 Å². The van der Waals surface area contributed by atoms with E-state index in [4.69, 9.17) is 21.1 Å². The second-order valence-corrected chi connectivity index (χ2v) is 5.87. The molecule has 1 aliphatic heterocycles. The molecule has 120 valence electrons. The Morgan fingerprint density at radius 1 is 1.21 bits per heavy atom. The molecule has 2 aromatic carbocycles. The highest BCUT2D eigenvalue weighted by Crippen LogP contribution is 2.40. The smallest absolute Gasteiger partial charge is 0.258 e. The van der Waals surface area contributed by atoms with Crippen molar-refractivity contribution < 1.29 is 9.47 Å². The van der Waals surface area contributed by atoms with Gasteiger partial charge in [0.25, 0.3) is 5.56 Å². The second-order valence-electron chi connectivity index (χ2n) is 5.43. The number of hydrogen-bond acceptors (Lipinski definition) is 4. The minimum atomic E-state index is -0.210. The highest BCUT2D eigenvalue weighted by atomic mass is 35.5. The number of H-pyrrole nitrogens is 1. The van der Waals surface area contributed by atoms with Crippen molar-refractivity contribution in [3.8, 4) is 28.8 Å². The Hall–Kier alpha value is -2.79. The maximum absolute atomic E-state index is 12.5. The Kier molecular flexibility index (Phi) is 3.50. The van der Waals surface area contributed by atoms with Crippen molar-refractivity contribution in [1.29, 1.82) is 0 Å². The summed E-state index contributed by atoms with van der Waals surface area (Å²) in [5.74, 6) is 1.97. The summed E-state index contributed by atoms with van der Waals surface area (Å²) in [5.41, 5.74) is 1.95. The largest absolute Gasteiger partial charge is 0.493 e. The standard InChI is InChI=1S/C18H13ClN2O3/c1-23-14-4-2-3-11-9-13-17(22)20-16(21-18(13)24-15(11)14)10-5-7-12(19)8-6-10/h2-8H,9H2,1H3,(H,20,21,22). The molecule has 0 aliphatic carbocycles. The van der Waals surface area contributed by atoms with Gasteiger partial charge in [-0.15, -0.1) is 0 Å². The minimum absolute atomic E-state index is 0.210. The summed E-state index contributed by atoms with van der Waals surface area (Å²) in [7, 11) is 1.58. The number of nitrogens with one attached hydrogen (secondary N) is 1. The molecule has 5 nitrogen and oxygen atoms in total. The molecular weight excluding hydrogens is 328 g/mol. The van der Waals surface area contributed by atoms with Crippen molar-refractivity contribution in [3.05, 3.63) is 69.0 Å². The molecule has 0 bridgehead atoms. The van der Waals surface area contributed by atoms with E-state index in [2.05, 4.69) is 9.97 Å². The lowest BCUT2D eigenvalue weighted by Gasteiger charge is -2.20. The third-order valence-corrected chi connectivity index (χ3v) is 4.19. The molecule has 0 saturated heterocycles. The SMILES string of the molecule is COc1cccc2c1Oc1nc(-c3ccc(Cl)cc3)[nH]c(=O)c1C2. The highest BCUT2D eigenvalue weighted by Gasteiger charge is 2.24. The van der Waals surface area contributed by atoms with Crippen LogP contribution in [0.15, 0.2) is 47.3 Å². The first-order chi connectivity index (χ1) is 11.7. The van der Waals surface area contributed by atoms with Crippen LogP contribution in [0.2, 0.25) is 5.02 Å². The van der Waals surface area contributed by atoms with Crippen LogP contribution >= 0.6 is 11.6 Å². The molecule has 1 N–H and O–H groups in total. The highest BCUT2D eigenvalue weighted by molar-refractivity contribution is 6.30. The minimum Gasteiger partial charge on any atom is -0.493 e. The van der Waals surface area contributed by atoms with Crippen molar-refractivity contribution in [1.82, 2.24) is 9.97 Å². The normalized spacial score (nSPS) is 12.1. The van der Waals surface area contributed by atoms with Crippen LogP contribution < -0.4 is 15.0 Å². The third-order valence-electron chi connectivity index (χ3n) is 3.94. The monoisotopic (exact) mass is 340 g/mol. The molecule has 0 spiro atoms. The number of fused-ring (bicyclic) bond motifs is 2. The Morgan fingerprint density at radius 3 is 2.75 bits per heavy atom. The van der Waals surface area contributed by atoms with Gasteiger partial charge in [-0.3, -0.25) is 4.79 Å². The number of nitrogens with zero attached hydrogens (tertiary/aromatic N) is 1. The maximum Gasteiger partial charge on any atom is 0.258 e. The molecule has 1 aliphatic rings. The number of aromatic amines is 1. The fourth-order valence-corrected chi connectivity index (χ4v) is 2.85. The number of para-hydroxylation sites is 1. The predicted octanol–water partition coefficient (Wildman–Crippen LogP) is 3.80. The lowest BCUT2D eigenvalue weighted by molar-refractivity contribution is 0.365. The van der Waals surface area contributed by atoms with Crippen molar-refractivity contribution in [2.45, 2.75) is 6.42 Å². The zero-order valence-corrected chi connectivity index (χ0v) is 13.6. The van der Waals surface area contributed by atoms with Gasteiger partial charge in [0.05, 0.1) is 12.7 Å². The third kappa shape index (κ3) is 2.43. The van der Waals surface area contributed by atoms with E-state index in [1.165, 1.54) is 0 Å². The van der Waals surface area contributed by atoms with Gasteiger partial charge >= 0.3 is 0 Å². The number of hydrogen-bond donors (Lipinski definition) is 1. The van der Waals surface area contributed by atoms with E-state index in [-0.39, 0.29) is 5.56 Å². The molecule has 2 heterocycles. The van der Waals surface area contributed by atoms with Gasteiger partial charge < -0.3 is 14.5 Å². The first-order valence-corrected chi connectivity index (χ1v) is 7.76. The molecule has 24 heavy (non-hydrogen) atoms. The lowest BCUT2D eigenvalue weighted by Crippen LogP contribution is -2.20. The van der Waals surface area contributed by atoms with E-state index in [1.54, 1.807) is 31.4 Å². The average molecular weight is 341 g/mol. The topological polar surface area (TPSA) is 64.2 Å². The van der Waals surface area contributed by atoms with Gasteiger partial charge in [-0.2, -0.15) is 4.98 Å². The van der Waals surface area contributed by atoms with Gasteiger partial charge in [-0.05, 0) is 30.3 Å². The molecule has 0 fully saturated rings. The molecule has 0 unspecified atom stereocenters. The number of rotatable bonds is 2. The van der Waals surface area contributed by atoms with Crippen LogP contribution in [0.1, 0.15) is 11.1 Å². The summed E-state index contributed by atoms with van der Waals surface area (Å²) in [6.45, 7) is 0. The summed E-state index contributed by atoms with van der Waals surface area (Å²) >= 11 is 5.90. The first kappa shape index (κ1) is 14.8. The van der Waals surface area contributed by atoms with E-state index in [0.717, 1.165) is 11.1 Å². The Labute approximate surface area is 142 Å². The van der Waals surface area contributed by atoms with Gasteiger partial charge in [0.15, 0.2) is 11.5 Å². The van der Waals surface area contributed by atoms with E-state index >= 15 is 0 Å². The fraction of sp³-hybridized carbons (Fsp3) is 0.111. The summed E-state index contributed by atoms with van der Waals surface area (Å²) in [6, 6.07) is 12.7. The van der Waals surface area contributed by atoms with Gasteiger partial charge in [0, 0.05) is 22.6 Å². The zero-order chi connectivity index (χ0) is 16.7. The molecule has 1 aromatic heterocycles. The quantitative estimate of drug-likeness (QED) is 0.603. The second kappa shape index (κ2) is 5.69. The van der Waals surface area contributed by atoms with Crippen LogP contribution in [-0.2, 0) is 6.42 Å². The van der Waals surface area contributed by atoms with Crippen LogP contribution in [-0.4, -0.2) is 17.1 Å². The molecule has 4 rings (SSSR count). The van der Waals surface area contributed by atoms with Crippen LogP contribution in [0.4, 0.5) is 0 Å². The van der Waals surface area contributed by atoms with Crippen LogP contribution in [0, 0.1) is 0 Å². The molecule has 0 atom stereocenters. The van der Waals surface area contributed by atoms with Crippen LogP contribution in [0.25, 0.3) is 11.4 Å². The van der Waals surface area contributed by atoms with Crippen molar-refractivity contribution in [2.24, 2.45) is 0 Å². The molecule has 0 saturated carbocycles. The van der Waals surface area contributed by atoms with Gasteiger partial charge in [0.1, 0.15) is 5.82 Å². The van der Waals surface area contributed by atoms with E-state index in [9.17, 15) is 4.79 Å². The number of benzene rings is 2. The van der Waals surface area contributed by atoms with Crippen molar-refractivity contribution in [2.75, 3.05) is 7.11 Å². The predicted molar refractivity (Wildman–Crippen MR) is 91.2 cm³/mol. The van der Waals surface area contributed by atoms with Crippen molar-refractivity contribution >= 4 is 11.6 Å². The molecule has 0 radical (unpaired) electrons. The summed E-state index contributed by atoms with van der Waals surface area (Å²) in [4.78, 5) is 19.7. The summed E-state index contributed by atoms with van der Waals surface area (Å²) < 4.78 is 11.2. The fourth-order valence-electron chi connectivity index (χ4n) is 2.73. The Morgan fingerprint density at radius 2 is 2.00 bits per heavy atom. The molecule has 6 heteroatoms. The van der Waals surface area contributed by atoms with Crippen LogP contribution in [0.3, 0.4) is 0 Å². The van der Waals surface area contributed by atoms with E-state index < -0.39 is 0 Å². The van der Waals surface area contributed by atoms with Gasteiger partial charge in [-0.1, -0.05) is 23.7 Å². The van der Waals surface area contributed by atoms with E-state index in [0.29, 0.717) is 40.2 Å². The molecule has 0 amide bonds. The summed E-state index contributed by atoms with van der Waals surface area (Å²) in [6.07, 6.45) is 0.450. The molecular formula is C18H13ClN2O3. The zero-order valence-electron chi connectivity index (χ0n) is 12.8. The van der Waals surface area contributed by atoms with Gasteiger partial charge in [0.2, 0.25) is 5.88 Å². The maximum atomic E-state index is 12.5. The van der Waals surface area contributed by atoms with Crippen molar-refractivity contribution in [3.63, 3.8) is 0 Å². The summed E-state index contributed by atoms with van der Waals surface area (Å²) in [5, 5.41) is 0.619. The Balaban J connectivity index is 1.82. The Bertz CT molecular complexity index is 981. The number of ether oxygens (including phenoxy) is 2. The van der Waals surface area contributed by atoms with Crippen LogP contribution in [0.5, 0.6) is 17.4 Å². The lowest BCUT2D eigenvalue weighted by atomic mass is 10.0. The number of methoxy groups -OCH3 is 1. The van der Waals surface area contributed by atoms with E-state index in [1.807, 2.05) is 18.2 Å². The molecule has 3 aromatic rings. The number of halogens is 1.